The lowest BCUT2D eigenvalue weighted by atomic mass is 9.78. The van der Waals surface area contributed by atoms with Crippen LogP contribution in [-0.4, -0.2) is 40.1 Å². The minimum atomic E-state index is 0.461. The van der Waals surface area contributed by atoms with Crippen molar-refractivity contribution in [1.82, 2.24) is 14.5 Å². The molecule has 100 valence electrons. The Hall–Kier alpha value is -0.870. The molecule has 3 rings (SSSR count). The van der Waals surface area contributed by atoms with Crippen LogP contribution in [0.4, 0.5) is 0 Å². The number of nitrogens with zero attached hydrogens (tertiary/aromatic N) is 3. The van der Waals surface area contributed by atoms with E-state index in [2.05, 4.69) is 14.5 Å². The highest BCUT2D eigenvalue weighted by molar-refractivity contribution is 4.93. The summed E-state index contributed by atoms with van der Waals surface area (Å²) in [6, 6.07) is 0.461. The molecule has 1 saturated heterocycles. The Kier molecular flexibility index (Phi) is 3.66. The normalized spacial score (nSPS) is 32.6. The van der Waals surface area contributed by atoms with Crippen LogP contribution in [0.3, 0.4) is 0 Å². The molecule has 1 aliphatic carbocycles. The quantitative estimate of drug-likeness (QED) is 0.874. The molecular weight excluding hydrogens is 224 g/mol. The van der Waals surface area contributed by atoms with Crippen molar-refractivity contribution >= 4 is 0 Å². The highest BCUT2D eigenvalue weighted by Crippen LogP contribution is 2.35. The van der Waals surface area contributed by atoms with Crippen LogP contribution in [0.5, 0.6) is 0 Å². The van der Waals surface area contributed by atoms with Gasteiger partial charge in [0, 0.05) is 38.1 Å². The molecule has 0 spiro atoms. The van der Waals surface area contributed by atoms with Crippen molar-refractivity contribution in [1.29, 1.82) is 0 Å². The highest BCUT2D eigenvalue weighted by Gasteiger charge is 2.38. The lowest BCUT2D eigenvalue weighted by molar-refractivity contribution is 0.259. The van der Waals surface area contributed by atoms with Gasteiger partial charge in [-0.2, -0.15) is 0 Å². The second-order valence-corrected chi connectivity index (χ2v) is 5.93. The maximum absolute atomic E-state index is 6.25. The first kappa shape index (κ1) is 12.2. The number of rotatable bonds is 4. The molecule has 3 unspecified atom stereocenters. The van der Waals surface area contributed by atoms with Gasteiger partial charge in [-0.05, 0) is 37.6 Å². The lowest BCUT2D eigenvalue weighted by Crippen LogP contribution is -2.38. The molecule has 0 radical (unpaired) electrons. The average Bonchev–Trinajstić information content (AvgIpc) is 2.98. The van der Waals surface area contributed by atoms with Gasteiger partial charge in [0.05, 0.1) is 6.33 Å². The average molecular weight is 248 g/mol. The summed E-state index contributed by atoms with van der Waals surface area (Å²) in [5.41, 5.74) is 6.25. The van der Waals surface area contributed by atoms with Crippen molar-refractivity contribution in [3.05, 3.63) is 18.7 Å². The maximum Gasteiger partial charge on any atom is 0.0945 e. The zero-order chi connectivity index (χ0) is 12.4. The third kappa shape index (κ3) is 2.59. The van der Waals surface area contributed by atoms with Crippen LogP contribution in [0.25, 0.3) is 0 Å². The van der Waals surface area contributed by atoms with Gasteiger partial charge < -0.3 is 15.2 Å². The molecule has 1 aromatic heterocycles. The summed E-state index contributed by atoms with van der Waals surface area (Å²) >= 11 is 0. The fourth-order valence-corrected chi connectivity index (χ4v) is 3.69. The molecule has 2 heterocycles. The van der Waals surface area contributed by atoms with E-state index in [-0.39, 0.29) is 0 Å². The molecular formula is C14H24N4. The van der Waals surface area contributed by atoms with Crippen LogP contribution in [0.2, 0.25) is 0 Å². The Morgan fingerprint density at radius 3 is 2.94 bits per heavy atom. The van der Waals surface area contributed by atoms with Crippen LogP contribution in [0.15, 0.2) is 18.7 Å². The van der Waals surface area contributed by atoms with E-state index in [1.807, 2.05) is 18.7 Å². The predicted molar refractivity (Wildman–Crippen MR) is 72.1 cm³/mol. The molecule has 2 N–H and O–H groups in total. The van der Waals surface area contributed by atoms with Crippen molar-refractivity contribution in [2.45, 2.75) is 38.3 Å². The number of hydrogen-bond donors (Lipinski definition) is 1. The molecule has 3 atom stereocenters. The van der Waals surface area contributed by atoms with Gasteiger partial charge in [0.1, 0.15) is 0 Å². The Balaban J connectivity index is 1.44. The standard InChI is InChI=1S/C14H24N4/c15-14-4-1-3-12-9-18(10-13(12)14)7-2-6-17-8-5-16-11-17/h5,8,11-14H,1-4,6-7,9-10,15H2. The van der Waals surface area contributed by atoms with E-state index < -0.39 is 0 Å². The lowest BCUT2D eigenvalue weighted by Gasteiger charge is -2.29. The summed E-state index contributed by atoms with van der Waals surface area (Å²) in [6.07, 6.45) is 11.0. The zero-order valence-electron chi connectivity index (χ0n) is 11.0. The Bertz CT molecular complexity index is 362. The monoisotopic (exact) mass is 248 g/mol. The van der Waals surface area contributed by atoms with Crippen LogP contribution < -0.4 is 5.73 Å². The third-order valence-corrected chi connectivity index (χ3v) is 4.68. The number of hydrogen-bond acceptors (Lipinski definition) is 3. The Morgan fingerprint density at radius 2 is 2.17 bits per heavy atom. The summed E-state index contributed by atoms with van der Waals surface area (Å²) in [4.78, 5) is 6.70. The summed E-state index contributed by atoms with van der Waals surface area (Å²) < 4.78 is 2.16. The van der Waals surface area contributed by atoms with Crippen LogP contribution in [-0.2, 0) is 6.54 Å². The summed E-state index contributed by atoms with van der Waals surface area (Å²) in [7, 11) is 0. The second kappa shape index (κ2) is 5.41. The minimum Gasteiger partial charge on any atom is -0.337 e. The van der Waals surface area contributed by atoms with E-state index in [9.17, 15) is 0 Å². The van der Waals surface area contributed by atoms with Crippen LogP contribution >= 0.6 is 0 Å². The third-order valence-electron chi connectivity index (χ3n) is 4.68. The van der Waals surface area contributed by atoms with Crippen molar-refractivity contribution < 1.29 is 0 Å². The fourth-order valence-electron chi connectivity index (χ4n) is 3.69. The number of imidazole rings is 1. The van der Waals surface area contributed by atoms with Gasteiger partial charge in [-0.3, -0.25) is 0 Å². The molecule has 18 heavy (non-hydrogen) atoms. The molecule has 4 nitrogen and oxygen atoms in total. The largest absolute Gasteiger partial charge is 0.337 e. The zero-order valence-corrected chi connectivity index (χ0v) is 11.0. The predicted octanol–water partition coefficient (Wildman–Crippen LogP) is 1.33. The topological polar surface area (TPSA) is 47.1 Å². The second-order valence-electron chi connectivity index (χ2n) is 5.93. The molecule has 2 aliphatic rings. The first-order valence-corrected chi connectivity index (χ1v) is 7.26. The molecule has 0 aromatic carbocycles. The smallest absolute Gasteiger partial charge is 0.0945 e. The molecule has 0 amide bonds. The van der Waals surface area contributed by atoms with Crippen LogP contribution in [0, 0.1) is 11.8 Å². The fraction of sp³-hybridized carbons (Fsp3) is 0.786. The molecule has 0 bridgehead atoms. The van der Waals surface area contributed by atoms with Gasteiger partial charge in [-0.1, -0.05) is 6.42 Å². The van der Waals surface area contributed by atoms with Gasteiger partial charge in [0.2, 0.25) is 0 Å². The number of nitrogens with two attached hydrogens (primary N) is 1. The van der Waals surface area contributed by atoms with Crippen molar-refractivity contribution in [2.24, 2.45) is 17.6 Å². The number of aryl methyl sites for hydroxylation is 1. The van der Waals surface area contributed by atoms with Gasteiger partial charge in [0.15, 0.2) is 0 Å². The van der Waals surface area contributed by atoms with Crippen molar-refractivity contribution in [3.63, 3.8) is 0 Å². The number of aromatic nitrogens is 2. The maximum atomic E-state index is 6.25. The van der Waals surface area contributed by atoms with E-state index in [0.29, 0.717) is 6.04 Å². The van der Waals surface area contributed by atoms with Gasteiger partial charge >= 0.3 is 0 Å². The van der Waals surface area contributed by atoms with E-state index in [1.54, 1.807) is 0 Å². The number of fused-ring (bicyclic) bond motifs is 1. The molecule has 1 aromatic rings. The Labute approximate surface area is 109 Å². The van der Waals surface area contributed by atoms with Gasteiger partial charge in [-0.25, -0.2) is 4.98 Å². The summed E-state index contributed by atoms with van der Waals surface area (Å²) in [5, 5.41) is 0. The molecule has 2 fully saturated rings. The van der Waals surface area contributed by atoms with Gasteiger partial charge in [-0.15, -0.1) is 0 Å². The molecule has 1 saturated carbocycles. The van der Waals surface area contributed by atoms with E-state index in [1.165, 1.54) is 45.3 Å². The first-order valence-electron chi connectivity index (χ1n) is 7.26. The van der Waals surface area contributed by atoms with E-state index >= 15 is 0 Å². The minimum absolute atomic E-state index is 0.461. The van der Waals surface area contributed by atoms with E-state index in [4.69, 9.17) is 5.73 Å². The highest BCUT2D eigenvalue weighted by atomic mass is 15.2. The molecule has 4 heteroatoms. The van der Waals surface area contributed by atoms with Crippen LogP contribution in [0.1, 0.15) is 25.7 Å². The first-order chi connectivity index (χ1) is 8.83. The summed E-state index contributed by atoms with van der Waals surface area (Å²) in [5.74, 6) is 1.65. The van der Waals surface area contributed by atoms with Crippen molar-refractivity contribution in [3.8, 4) is 0 Å². The van der Waals surface area contributed by atoms with E-state index in [0.717, 1.165) is 18.4 Å². The Morgan fingerprint density at radius 1 is 1.22 bits per heavy atom. The van der Waals surface area contributed by atoms with Gasteiger partial charge in [0.25, 0.3) is 0 Å². The molecule has 1 aliphatic heterocycles. The van der Waals surface area contributed by atoms with Crippen molar-refractivity contribution in [2.75, 3.05) is 19.6 Å². The summed E-state index contributed by atoms with van der Waals surface area (Å²) in [6.45, 7) is 4.80. The number of likely N-dealkylation sites (tertiary alicyclic amines) is 1. The SMILES string of the molecule is NC1CCCC2CN(CCCn3ccnc3)CC12.